The van der Waals surface area contributed by atoms with Gasteiger partial charge < -0.3 is 14.4 Å². The third kappa shape index (κ3) is 5.05. The van der Waals surface area contributed by atoms with Gasteiger partial charge in [-0.15, -0.1) is 22.7 Å². The molecule has 0 aliphatic heterocycles. The SMILES string of the molecule is CCOC(=O)CCN(Cc1cccnc1)C(=O)COc1cc2sc(C)nc2c2sccc12. The fourth-order valence-electron chi connectivity index (χ4n) is 3.40. The number of nitrogens with zero attached hydrogens (tertiary/aromatic N) is 3. The van der Waals surface area contributed by atoms with Crippen molar-refractivity contribution >= 4 is 54.9 Å². The zero-order valence-electron chi connectivity index (χ0n) is 17.9. The molecule has 0 aliphatic rings. The largest absolute Gasteiger partial charge is 0.483 e. The normalized spacial score (nSPS) is 11.1. The second-order valence-corrected chi connectivity index (χ2v) is 9.29. The predicted molar refractivity (Wildman–Crippen MR) is 126 cm³/mol. The molecule has 166 valence electrons. The molecule has 3 aromatic heterocycles. The third-order valence-corrected chi connectivity index (χ3v) is 6.70. The smallest absolute Gasteiger partial charge is 0.307 e. The van der Waals surface area contributed by atoms with Gasteiger partial charge in [-0.1, -0.05) is 6.07 Å². The lowest BCUT2D eigenvalue weighted by Crippen LogP contribution is -2.36. The molecule has 0 N–H and O–H groups in total. The van der Waals surface area contributed by atoms with Crippen LogP contribution in [0.3, 0.4) is 0 Å². The van der Waals surface area contributed by atoms with E-state index in [0.717, 1.165) is 30.9 Å². The van der Waals surface area contributed by atoms with Crippen LogP contribution in [0.15, 0.2) is 42.0 Å². The van der Waals surface area contributed by atoms with Gasteiger partial charge in [0.15, 0.2) is 6.61 Å². The fraction of sp³-hybridized carbons (Fsp3) is 0.304. The molecule has 4 aromatic rings. The summed E-state index contributed by atoms with van der Waals surface area (Å²) in [6.07, 6.45) is 3.52. The first-order valence-corrected chi connectivity index (χ1v) is 12.0. The highest BCUT2D eigenvalue weighted by molar-refractivity contribution is 7.21. The average molecular weight is 470 g/mol. The van der Waals surface area contributed by atoms with Gasteiger partial charge in [-0.25, -0.2) is 4.98 Å². The van der Waals surface area contributed by atoms with Crippen molar-refractivity contribution < 1.29 is 19.1 Å². The van der Waals surface area contributed by atoms with E-state index >= 15 is 0 Å². The Hall–Kier alpha value is -3.04. The number of pyridine rings is 1. The number of ether oxygens (including phenoxy) is 2. The van der Waals surface area contributed by atoms with E-state index in [1.54, 1.807) is 46.9 Å². The molecular formula is C23H23N3O4S2. The first-order chi connectivity index (χ1) is 15.5. The number of amides is 1. The van der Waals surface area contributed by atoms with E-state index in [1.165, 1.54) is 0 Å². The van der Waals surface area contributed by atoms with Crippen LogP contribution in [-0.4, -0.2) is 46.5 Å². The molecule has 3 heterocycles. The first-order valence-electron chi connectivity index (χ1n) is 10.3. The number of carbonyl (C=O) groups is 2. The van der Waals surface area contributed by atoms with Gasteiger partial charge >= 0.3 is 5.97 Å². The van der Waals surface area contributed by atoms with Crippen LogP contribution in [0.5, 0.6) is 5.75 Å². The lowest BCUT2D eigenvalue weighted by atomic mass is 10.2. The average Bonchev–Trinajstić information content (AvgIpc) is 3.41. The molecule has 1 aromatic carbocycles. The number of aryl methyl sites for hydroxylation is 1. The van der Waals surface area contributed by atoms with Gasteiger partial charge in [0.2, 0.25) is 0 Å². The highest BCUT2D eigenvalue weighted by Gasteiger charge is 2.19. The summed E-state index contributed by atoms with van der Waals surface area (Å²) < 4.78 is 13.1. The van der Waals surface area contributed by atoms with Crippen LogP contribution in [0.4, 0.5) is 0 Å². The van der Waals surface area contributed by atoms with E-state index in [2.05, 4.69) is 9.97 Å². The molecule has 0 radical (unpaired) electrons. The molecule has 0 atom stereocenters. The minimum atomic E-state index is -0.330. The second-order valence-electron chi connectivity index (χ2n) is 7.14. The van der Waals surface area contributed by atoms with Crippen LogP contribution in [0.1, 0.15) is 23.9 Å². The topological polar surface area (TPSA) is 81.6 Å². The monoisotopic (exact) mass is 469 g/mol. The number of carbonyl (C=O) groups excluding carboxylic acids is 2. The van der Waals surface area contributed by atoms with Crippen LogP contribution in [0.2, 0.25) is 0 Å². The molecule has 0 bridgehead atoms. The zero-order valence-corrected chi connectivity index (χ0v) is 19.5. The molecule has 0 aliphatic carbocycles. The molecule has 7 nitrogen and oxygen atoms in total. The van der Waals surface area contributed by atoms with Crippen molar-refractivity contribution in [1.82, 2.24) is 14.9 Å². The van der Waals surface area contributed by atoms with Gasteiger partial charge in [-0.2, -0.15) is 0 Å². The van der Waals surface area contributed by atoms with Crippen molar-refractivity contribution in [3.8, 4) is 5.75 Å². The van der Waals surface area contributed by atoms with Crippen LogP contribution in [0.25, 0.3) is 20.3 Å². The van der Waals surface area contributed by atoms with Gasteiger partial charge in [0.25, 0.3) is 5.91 Å². The highest BCUT2D eigenvalue weighted by atomic mass is 32.1. The summed E-state index contributed by atoms with van der Waals surface area (Å²) in [5.74, 6) is 0.128. The van der Waals surface area contributed by atoms with E-state index in [1.807, 2.05) is 36.6 Å². The van der Waals surface area contributed by atoms with Crippen LogP contribution in [-0.2, 0) is 20.9 Å². The Bertz CT molecular complexity index is 1240. The Morgan fingerprint density at radius 2 is 2.12 bits per heavy atom. The minimum Gasteiger partial charge on any atom is -0.483 e. The van der Waals surface area contributed by atoms with Crippen molar-refractivity contribution in [3.05, 3.63) is 52.6 Å². The Balaban J connectivity index is 1.50. The maximum atomic E-state index is 13.1. The van der Waals surface area contributed by atoms with E-state index in [0.29, 0.717) is 18.9 Å². The van der Waals surface area contributed by atoms with Crippen molar-refractivity contribution in [3.63, 3.8) is 0 Å². The molecular weight excluding hydrogens is 446 g/mol. The molecule has 1 amide bonds. The summed E-state index contributed by atoms with van der Waals surface area (Å²) in [7, 11) is 0. The van der Waals surface area contributed by atoms with Crippen LogP contribution >= 0.6 is 22.7 Å². The number of thiazole rings is 1. The van der Waals surface area contributed by atoms with Gasteiger partial charge in [-0.05, 0) is 36.9 Å². The maximum absolute atomic E-state index is 13.1. The molecule has 0 saturated carbocycles. The summed E-state index contributed by atoms with van der Waals surface area (Å²) in [6, 6.07) is 7.65. The van der Waals surface area contributed by atoms with Crippen molar-refractivity contribution in [2.75, 3.05) is 19.8 Å². The number of esters is 1. The van der Waals surface area contributed by atoms with Gasteiger partial charge in [-0.3, -0.25) is 14.6 Å². The number of thiophene rings is 1. The molecule has 0 unspecified atom stereocenters. The number of aromatic nitrogens is 2. The highest BCUT2D eigenvalue weighted by Crippen LogP contribution is 2.38. The molecule has 32 heavy (non-hydrogen) atoms. The molecule has 0 fully saturated rings. The quantitative estimate of drug-likeness (QED) is 0.334. The molecule has 4 rings (SSSR count). The summed E-state index contributed by atoms with van der Waals surface area (Å²) in [6.45, 7) is 4.52. The Morgan fingerprint density at radius 3 is 2.91 bits per heavy atom. The van der Waals surface area contributed by atoms with Crippen LogP contribution in [0, 0.1) is 6.92 Å². The number of benzene rings is 1. The van der Waals surface area contributed by atoms with E-state index < -0.39 is 0 Å². The predicted octanol–water partition coefficient (Wildman–Crippen LogP) is 4.58. The van der Waals surface area contributed by atoms with Crippen molar-refractivity contribution in [1.29, 1.82) is 0 Å². The van der Waals surface area contributed by atoms with Gasteiger partial charge in [0, 0.05) is 36.9 Å². The number of fused-ring (bicyclic) bond motifs is 3. The van der Waals surface area contributed by atoms with Gasteiger partial charge in [0.1, 0.15) is 5.75 Å². The fourth-order valence-corrected chi connectivity index (χ4v) is 5.23. The first kappa shape index (κ1) is 22.2. The lowest BCUT2D eigenvalue weighted by molar-refractivity contribution is -0.144. The Labute approximate surface area is 193 Å². The molecule has 0 saturated heterocycles. The van der Waals surface area contributed by atoms with E-state index in [9.17, 15) is 9.59 Å². The summed E-state index contributed by atoms with van der Waals surface area (Å²) in [5, 5.41) is 3.94. The zero-order chi connectivity index (χ0) is 22.5. The van der Waals surface area contributed by atoms with Crippen molar-refractivity contribution in [2.24, 2.45) is 0 Å². The molecule has 9 heteroatoms. The summed E-state index contributed by atoms with van der Waals surface area (Å²) in [5.41, 5.74) is 1.86. The Morgan fingerprint density at radius 1 is 1.25 bits per heavy atom. The third-order valence-electron chi connectivity index (χ3n) is 4.86. The lowest BCUT2D eigenvalue weighted by Gasteiger charge is -2.22. The second kappa shape index (κ2) is 10.1. The number of rotatable bonds is 9. The maximum Gasteiger partial charge on any atom is 0.307 e. The number of hydrogen-bond donors (Lipinski definition) is 0. The minimum absolute atomic E-state index is 0.126. The van der Waals surface area contributed by atoms with Crippen LogP contribution < -0.4 is 4.74 Å². The summed E-state index contributed by atoms with van der Waals surface area (Å²) in [4.78, 5) is 35.2. The standard InChI is InChI=1S/C23H23N3O4S2/c1-3-29-21(28)6-9-26(13-16-5-4-8-24-12-16)20(27)14-30-18-11-19-22(25-15(2)32-19)23-17(18)7-10-31-23/h4-5,7-8,10-12H,3,6,9,13-14H2,1-2H3. The summed E-state index contributed by atoms with van der Waals surface area (Å²) >= 11 is 3.22. The van der Waals surface area contributed by atoms with E-state index in [-0.39, 0.29) is 31.4 Å². The van der Waals surface area contributed by atoms with Crippen molar-refractivity contribution in [2.45, 2.75) is 26.8 Å². The number of hydrogen-bond acceptors (Lipinski definition) is 8. The van der Waals surface area contributed by atoms with Gasteiger partial charge in [0.05, 0.1) is 33.0 Å². The molecule has 0 spiro atoms. The van der Waals surface area contributed by atoms with E-state index in [4.69, 9.17) is 9.47 Å². The Kier molecular flexibility index (Phi) is 6.96.